The van der Waals surface area contributed by atoms with E-state index in [4.69, 9.17) is 0 Å². The van der Waals surface area contributed by atoms with Crippen molar-refractivity contribution in [3.05, 3.63) is 28.2 Å². The maximum Gasteiger partial charge on any atom is 0.243 e. The molecule has 19 heavy (non-hydrogen) atoms. The van der Waals surface area contributed by atoms with Gasteiger partial charge in [0.05, 0.1) is 4.47 Å². The minimum absolute atomic E-state index is 0.0987. The Morgan fingerprint density at radius 1 is 1.16 bits per heavy atom. The van der Waals surface area contributed by atoms with Crippen LogP contribution in [0.25, 0.3) is 0 Å². The monoisotopic (exact) mass is 356 g/mol. The Morgan fingerprint density at radius 2 is 1.84 bits per heavy atom. The Kier molecular flexibility index (Phi) is 6.31. The van der Waals surface area contributed by atoms with Gasteiger partial charge < -0.3 is 5.32 Å². The van der Waals surface area contributed by atoms with Gasteiger partial charge in [-0.05, 0) is 35.0 Å². The van der Waals surface area contributed by atoms with Crippen molar-refractivity contribution in [1.82, 2.24) is 10.0 Å². The zero-order valence-corrected chi connectivity index (χ0v) is 12.7. The second-order valence-electron chi connectivity index (χ2n) is 3.84. The molecule has 0 saturated carbocycles. The Morgan fingerprint density at radius 3 is 2.47 bits per heavy atom. The number of benzene rings is 1. The molecular weight excluding hydrogens is 342 g/mol. The highest BCUT2D eigenvalue weighted by Crippen LogP contribution is 2.23. The fourth-order valence-corrected chi connectivity index (χ4v) is 2.97. The van der Waals surface area contributed by atoms with Crippen molar-refractivity contribution in [1.29, 1.82) is 0 Å². The Hall–Kier alpha value is -0.570. The van der Waals surface area contributed by atoms with Gasteiger partial charge in [-0.25, -0.2) is 21.9 Å². The van der Waals surface area contributed by atoms with E-state index in [1.165, 1.54) is 0 Å². The standard InChI is InChI=1S/C11H15BrF2N2O2S/c1-2-3-15-4-5-16-19(17,18)11-6-8(12)9(13)7-10(11)14/h6-7,15-16H,2-5H2,1H3. The van der Waals surface area contributed by atoms with Crippen LogP contribution in [0.3, 0.4) is 0 Å². The molecule has 0 aliphatic carbocycles. The molecule has 0 amide bonds. The molecule has 0 radical (unpaired) electrons. The first-order chi connectivity index (χ1) is 8.88. The number of nitrogens with one attached hydrogen (secondary N) is 2. The van der Waals surface area contributed by atoms with Gasteiger partial charge in [0.15, 0.2) is 0 Å². The lowest BCUT2D eigenvalue weighted by atomic mass is 10.3. The molecule has 0 unspecified atom stereocenters. The highest BCUT2D eigenvalue weighted by Gasteiger charge is 2.20. The van der Waals surface area contributed by atoms with Crippen LogP contribution in [0.5, 0.6) is 0 Å². The largest absolute Gasteiger partial charge is 0.315 e. The third kappa shape index (κ3) is 4.79. The van der Waals surface area contributed by atoms with E-state index >= 15 is 0 Å². The smallest absolute Gasteiger partial charge is 0.243 e. The molecule has 0 saturated heterocycles. The summed E-state index contributed by atoms with van der Waals surface area (Å²) in [5.41, 5.74) is 0. The number of halogens is 3. The van der Waals surface area contributed by atoms with Gasteiger partial charge in [-0.1, -0.05) is 6.92 Å². The second-order valence-corrected chi connectivity index (χ2v) is 6.43. The molecule has 0 heterocycles. The molecule has 4 nitrogen and oxygen atoms in total. The van der Waals surface area contributed by atoms with Gasteiger partial charge in [0.2, 0.25) is 10.0 Å². The fraction of sp³-hybridized carbons (Fsp3) is 0.455. The van der Waals surface area contributed by atoms with Crippen molar-refractivity contribution in [3.63, 3.8) is 0 Å². The van der Waals surface area contributed by atoms with E-state index in [1.54, 1.807) is 0 Å². The van der Waals surface area contributed by atoms with E-state index in [2.05, 4.69) is 26.0 Å². The maximum atomic E-state index is 13.5. The quantitative estimate of drug-likeness (QED) is 0.580. The molecule has 0 aliphatic heterocycles. The van der Waals surface area contributed by atoms with Gasteiger partial charge in [-0.3, -0.25) is 0 Å². The van der Waals surface area contributed by atoms with Crippen molar-refractivity contribution in [2.24, 2.45) is 0 Å². The van der Waals surface area contributed by atoms with Crippen molar-refractivity contribution in [2.75, 3.05) is 19.6 Å². The van der Waals surface area contributed by atoms with Crippen LogP contribution in [0.1, 0.15) is 13.3 Å². The summed E-state index contributed by atoms with van der Waals surface area (Å²) in [6.45, 7) is 3.34. The zero-order chi connectivity index (χ0) is 14.5. The van der Waals surface area contributed by atoms with Crippen molar-refractivity contribution in [3.8, 4) is 0 Å². The Bertz CT molecular complexity index is 538. The molecule has 1 aromatic rings. The summed E-state index contributed by atoms with van der Waals surface area (Å²) < 4.78 is 52.3. The molecular formula is C11H15BrF2N2O2S. The number of hydrogen-bond acceptors (Lipinski definition) is 3. The fourth-order valence-electron chi connectivity index (χ4n) is 1.36. The van der Waals surface area contributed by atoms with Crippen LogP contribution in [-0.4, -0.2) is 28.1 Å². The highest BCUT2D eigenvalue weighted by atomic mass is 79.9. The normalized spacial score (nSPS) is 11.8. The van der Waals surface area contributed by atoms with Gasteiger partial charge in [0, 0.05) is 19.2 Å². The first kappa shape index (κ1) is 16.5. The van der Waals surface area contributed by atoms with Crippen LogP contribution in [0, 0.1) is 11.6 Å². The second kappa shape index (κ2) is 7.28. The van der Waals surface area contributed by atoms with E-state index in [0.717, 1.165) is 19.0 Å². The lowest BCUT2D eigenvalue weighted by molar-refractivity contribution is 0.539. The minimum Gasteiger partial charge on any atom is -0.315 e. The molecule has 8 heteroatoms. The average Bonchev–Trinajstić information content (AvgIpc) is 2.33. The lowest BCUT2D eigenvalue weighted by Gasteiger charge is -2.09. The van der Waals surface area contributed by atoms with Gasteiger partial charge in [-0.15, -0.1) is 0 Å². The van der Waals surface area contributed by atoms with Gasteiger partial charge >= 0.3 is 0 Å². The van der Waals surface area contributed by atoms with Crippen molar-refractivity contribution in [2.45, 2.75) is 18.2 Å². The zero-order valence-electron chi connectivity index (χ0n) is 10.3. The van der Waals surface area contributed by atoms with Crippen molar-refractivity contribution < 1.29 is 17.2 Å². The third-order valence-corrected chi connectivity index (χ3v) is 4.37. The van der Waals surface area contributed by atoms with E-state index in [-0.39, 0.29) is 11.0 Å². The van der Waals surface area contributed by atoms with Crippen LogP contribution >= 0.6 is 15.9 Å². The Balaban J connectivity index is 2.75. The summed E-state index contributed by atoms with van der Waals surface area (Å²) in [5, 5.41) is 3.00. The molecule has 0 aromatic heterocycles. The van der Waals surface area contributed by atoms with E-state index < -0.39 is 26.6 Å². The molecule has 0 atom stereocenters. The summed E-state index contributed by atoms with van der Waals surface area (Å²) in [6, 6.07) is 1.44. The molecule has 2 N–H and O–H groups in total. The lowest BCUT2D eigenvalue weighted by Crippen LogP contribution is -2.32. The van der Waals surface area contributed by atoms with Crippen LogP contribution in [0.2, 0.25) is 0 Å². The maximum absolute atomic E-state index is 13.5. The number of hydrogen-bond donors (Lipinski definition) is 2. The van der Waals surface area contributed by atoms with E-state index in [9.17, 15) is 17.2 Å². The summed E-state index contributed by atoms with van der Waals surface area (Å²) >= 11 is 2.83. The van der Waals surface area contributed by atoms with Crippen LogP contribution < -0.4 is 10.0 Å². The van der Waals surface area contributed by atoms with Crippen molar-refractivity contribution >= 4 is 26.0 Å². The molecule has 1 aromatic carbocycles. The highest BCUT2D eigenvalue weighted by molar-refractivity contribution is 9.10. The first-order valence-corrected chi connectivity index (χ1v) is 8.01. The molecule has 0 aliphatic rings. The summed E-state index contributed by atoms with van der Waals surface area (Å²) in [5.74, 6) is -1.96. The van der Waals surface area contributed by atoms with Crippen LogP contribution in [0.15, 0.2) is 21.5 Å². The topological polar surface area (TPSA) is 58.2 Å². The summed E-state index contributed by atoms with van der Waals surface area (Å²) in [4.78, 5) is -0.573. The molecule has 1 rings (SSSR count). The molecule has 0 fully saturated rings. The predicted octanol–water partition coefficient (Wildman–Crippen LogP) is 2.01. The minimum atomic E-state index is -3.98. The average molecular weight is 357 g/mol. The number of sulfonamides is 1. The molecule has 0 bridgehead atoms. The third-order valence-electron chi connectivity index (χ3n) is 2.28. The van der Waals surface area contributed by atoms with E-state index in [1.807, 2.05) is 6.92 Å². The number of rotatable bonds is 7. The van der Waals surface area contributed by atoms with Gasteiger partial charge in [-0.2, -0.15) is 0 Å². The first-order valence-electron chi connectivity index (χ1n) is 5.73. The molecule has 108 valence electrons. The summed E-state index contributed by atoms with van der Waals surface area (Å²) in [6.07, 6.45) is 0.937. The summed E-state index contributed by atoms with van der Waals surface area (Å²) in [7, 11) is -3.98. The van der Waals surface area contributed by atoms with Gasteiger partial charge in [0.1, 0.15) is 16.5 Å². The van der Waals surface area contributed by atoms with Crippen LogP contribution in [0.4, 0.5) is 8.78 Å². The predicted molar refractivity (Wildman–Crippen MR) is 72.4 cm³/mol. The molecule has 0 spiro atoms. The van der Waals surface area contributed by atoms with Crippen LogP contribution in [-0.2, 0) is 10.0 Å². The van der Waals surface area contributed by atoms with Gasteiger partial charge in [0.25, 0.3) is 0 Å². The SMILES string of the molecule is CCCNCCNS(=O)(=O)c1cc(Br)c(F)cc1F. The van der Waals surface area contributed by atoms with E-state index in [0.29, 0.717) is 12.6 Å². The Labute approximate surface area is 119 Å².